The molecule has 0 spiro atoms. The number of hydrogen-bond acceptors (Lipinski definition) is 5. The van der Waals surface area contributed by atoms with Gasteiger partial charge in [0, 0.05) is 13.1 Å². The lowest BCUT2D eigenvalue weighted by Crippen LogP contribution is -2.42. The summed E-state index contributed by atoms with van der Waals surface area (Å²) in [7, 11) is 1.27. The number of hydrogen-bond donors (Lipinski definition) is 2. The van der Waals surface area contributed by atoms with E-state index in [9.17, 15) is 18.8 Å². The fourth-order valence-electron chi connectivity index (χ4n) is 2.50. The van der Waals surface area contributed by atoms with E-state index in [-0.39, 0.29) is 17.5 Å². The molecule has 0 saturated carbocycles. The zero-order chi connectivity index (χ0) is 17.6. The monoisotopic (exact) mass is 333 g/mol. The molecule has 2 aromatic rings. The summed E-state index contributed by atoms with van der Waals surface area (Å²) in [6.07, 6.45) is 0.923. The number of aromatic nitrogens is 3. The van der Waals surface area contributed by atoms with Crippen LogP contribution in [0.2, 0.25) is 0 Å². The van der Waals surface area contributed by atoms with Crippen LogP contribution in [0.15, 0.2) is 27.9 Å². The number of carbonyl (C=O) groups excluding carboxylic acids is 1. The Balaban J connectivity index is 2.13. The minimum atomic E-state index is -0.781. The largest absolute Gasteiger partial charge is 0.372 e. The van der Waals surface area contributed by atoms with Gasteiger partial charge in [0.2, 0.25) is 5.91 Å². The molecule has 1 atom stereocenters. The van der Waals surface area contributed by atoms with Crippen LogP contribution in [0, 0.1) is 11.7 Å². The minimum Gasteiger partial charge on any atom is -0.372 e. The highest BCUT2D eigenvalue weighted by Crippen LogP contribution is 2.32. The molecule has 1 aromatic heterocycles. The van der Waals surface area contributed by atoms with Crippen LogP contribution in [0.5, 0.6) is 0 Å². The van der Waals surface area contributed by atoms with Crippen LogP contribution in [0.4, 0.5) is 15.8 Å². The Morgan fingerprint density at radius 2 is 1.92 bits per heavy atom. The van der Waals surface area contributed by atoms with Gasteiger partial charge < -0.3 is 10.6 Å². The van der Waals surface area contributed by atoms with E-state index in [0.29, 0.717) is 11.4 Å². The van der Waals surface area contributed by atoms with Crippen LogP contribution in [0.25, 0.3) is 5.69 Å². The van der Waals surface area contributed by atoms with Gasteiger partial charge in [-0.25, -0.2) is 9.18 Å². The third kappa shape index (κ3) is 2.47. The van der Waals surface area contributed by atoms with Crippen molar-refractivity contribution in [3.05, 3.63) is 45.0 Å². The Bertz CT molecular complexity index is 947. The number of rotatable bonds is 2. The fraction of sp³-hybridized carbons (Fsp3) is 0.333. The van der Waals surface area contributed by atoms with Crippen molar-refractivity contribution in [3.63, 3.8) is 0 Å². The summed E-state index contributed by atoms with van der Waals surface area (Å²) in [5.41, 5.74) is -0.761. The highest BCUT2D eigenvalue weighted by molar-refractivity contribution is 6.03. The molecule has 0 saturated heterocycles. The summed E-state index contributed by atoms with van der Waals surface area (Å²) in [5, 5.41) is 9.36. The maximum absolute atomic E-state index is 14.5. The minimum absolute atomic E-state index is 0.0221. The topological polar surface area (TPSA) is 98.0 Å². The van der Waals surface area contributed by atoms with E-state index in [0.717, 1.165) is 15.4 Å². The SMILES string of the molecule is CC(C)C1Nc2cc(F)c(-n3ncc(=O)n(C)c3=O)cc2NC1=O. The quantitative estimate of drug-likeness (QED) is 0.832. The fourth-order valence-corrected chi connectivity index (χ4v) is 2.50. The molecule has 1 unspecified atom stereocenters. The standard InChI is InChI=1S/C15H16FN5O3/c1-7(2)13-14(23)19-10-5-11(8(16)4-9(10)18-13)21-15(24)20(3)12(22)6-17-21/h4-7,13,18H,1-3H3,(H,19,23). The van der Waals surface area contributed by atoms with Crippen molar-refractivity contribution in [1.82, 2.24) is 14.3 Å². The molecular weight excluding hydrogens is 317 g/mol. The Morgan fingerprint density at radius 1 is 1.21 bits per heavy atom. The first-order valence-electron chi connectivity index (χ1n) is 7.36. The summed E-state index contributed by atoms with van der Waals surface area (Å²) in [6, 6.07) is 2.03. The summed E-state index contributed by atoms with van der Waals surface area (Å²) in [5.74, 6) is -0.919. The van der Waals surface area contributed by atoms with Crippen molar-refractivity contribution in [1.29, 1.82) is 0 Å². The number of nitrogens with one attached hydrogen (secondary N) is 2. The summed E-state index contributed by atoms with van der Waals surface area (Å²) in [4.78, 5) is 35.6. The van der Waals surface area contributed by atoms with Gasteiger partial charge >= 0.3 is 5.69 Å². The van der Waals surface area contributed by atoms with Crippen LogP contribution in [0.1, 0.15) is 13.8 Å². The van der Waals surface area contributed by atoms with E-state index in [1.54, 1.807) is 0 Å². The Morgan fingerprint density at radius 3 is 2.58 bits per heavy atom. The lowest BCUT2D eigenvalue weighted by Gasteiger charge is -2.29. The van der Waals surface area contributed by atoms with Crippen LogP contribution in [-0.4, -0.2) is 26.3 Å². The van der Waals surface area contributed by atoms with Gasteiger partial charge in [0.15, 0.2) is 5.82 Å². The number of carbonyl (C=O) groups is 1. The number of benzene rings is 1. The van der Waals surface area contributed by atoms with Crippen molar-refractivity contribution < 1.29 is 9.18 Å². The van der Waals surface area contributed by atoms with Crippen molar-refractivity contribution >= 4 is 17.3 Å². The highest BCUT2D eigenvalue weighted by atomic mass is 19.1. The van der Waals surface area contributed by atoms with Gasteiger partial charge in [-0.05, 0) is 12.0 Å². The first-order valence-corrected chi connectivity index (χ1v) is 7.36. The second-order valence-corrected chi connectivity index (χ2v) is 5.94. The number of nitrogens with zero attached hydrogens (tertiary/aromatic N) is 3. The first-order chi connectivity index (χ1) is 11.3. The number of halogens is 1. The molecule has 0 fully saturated rings. The normalized spacial score (nSPS) is 16.5. The predicted octanol–water partition coefficient (Wildman–Crippen LogP) is 0.459. The van der Waals surface area contributed by atoms with Gasteiger partial charge in [-0.15, -0.1) is 0 Å². The Hall–Kier alpha value is -2.97. The maximum Gasteiger partial charge on any atom is 0.352 e. The molecule has 2 heterocycles. The zero-order valence-corrected chi connectivity index (χ0v) is 13.3. The first kappa shape index (κ1) is 15.9. The van der Waals surface area contributed by atoms with Crippen LogP contribution in [0.3, 0.4) is 0 Å². The third-order valence-electron chi connectivity index (χ3n) is 3.92. The van der Waals surface area contributed by atoms with Gasteiger partial charge in [0.1, 0.15) is 17.9 Å². The van der Waals surface area contributed by atoms with Gasteiger partial charge in [0.05, 0.1) is 11.4 Å². The molecule has 1 aliphatic heterocycles. The molecular formula is C15H16FN5O3. The van der Waals surface area contributed by atoms with Crippen LogP contribution < -0.4 is 21.9 Å². The van der Waals surface area contributed by atoms with E-state index < -0.39 is 23.1 Å². The molecule has 9 heteroatoms. The Labute approximate surface area is 135 Å². The van der Waals surface area contributed by atoms with Gasteiger partial charge in [-0.3, -0.25) is 14.2 Å². The molecule has 24 heavy (non-hydrogen) atoms. The number of amides is 1. The van der Waals surface area contributed by atoms with Gasteiger partial charge in [0.25, 0.3) is 5.56 Å². The second kappa shape index (κ2) is 5.59. The van der Waals surface area contributed by atoms with E-state index >= 15 is 0 Å². The predicted molar refractivity (Wildman–Crippen MR) is 85.9 cm³/mol. The van der Waals surface area contributed by atoms with E-state index in [1.807, 2.05) is 13.8 Å². The lowest BCUT2D eigenvalue weighted by molar-refractivity contribution is -0.117. The lowest BCUT2D eigenvalue weighted by atomic mass is 10.00. The van der Waals surface area contributed by atoms with E-state index in [2.05, 4.69) is 15.7 Å². The molecule has 8 nitrogen and oxygen atoms in total. The summed E-state index contributed by atoms with van der Waals surface area (Å²) < 4.78 is 16.1. The maximum atomic E-state index is 14.5. The van der Waals surface area contributed by atoms with Crippen molar-refractivity contribution in [3.8, 4) is 5.69 Å². The third-order valence-corrected chi connectivity index (χ3v) is 3.92. The summed E-state index contributed by atoms with van der Waals surface area (Å²) >= 11 is 0. The molecule has 3 rings (SSSR count). The van der Waals surface area contributed by atoms with E-state index in [4.69, 9.17) is 0 Å². The molecule has 126 valence electrons. The van der Waals surface area contributed by atoms with E-state index in [1.165, 1.54) is 19.2 Å². The Kier molecular flexibility index (Phi) is 3.70. The van der Waals surface area contributed by atoms with Crippen molar-refractivity contribution in [2.75, 3.05) is 10.6 Å². The summed E-state index contributed by atoms with van der Waals surface area (Å²) in [6.45, 7) is 3.75. The molecule has 1 aromatic carbocycles. The van der Waals surface area contributed by atoms with Gasteiger partial charge in [-0.2, -0.15) is 9.78 Å². The van der Waals surface area contributed by atoms with Crippen LogP contribution in [-0.2, 0) is 11.8 Å². The zero-order valence-electron chi connectivity index (χ0n) is 13.3. The smallest absolute Gasteiger partial charge is 0.352 e. The molecule has 0 aliphatic carbocycles. The highest BCUT2D eigenvalue weighted by Gasteiger charge is 2.29. The molecule has 1 amide bonds. The van der Waals surface area contributed by atoms with Gasteiger partial charge in [-0.1, -0.05) is 13.8 Å². The molecule has 2 N–H and O–H groups in total. The number of anilines is 2. The van der Waals surface area contributed by atoms with Crippen molar-refractivity contribution in [2.45, 2.75) is 19.9 Å². The van der Waals surface area contributed by atoms with Crippen molar-refractivity contribution in [2.24, 2.45) is 13.0 Å². The molecule has 1 aliphatic rings. The molecule has 0 bridgehead atoms. The molecule has 0 radical (unpaired) electrons. The number of fused-ring (bicyclic) bond motifs is 1. The second-order valence-electron chi connectivity index (χ2n) is 5.94. The average Bonchev–Trinajstić information content (AvgIpc) is 2.52. The average molecular weight is 333 g/mol. The van der Waals surface area contributed by atoms with Crippen LogP contribution >= 0.6 is 0 Å².